The van der Waals surface area contributed by atoms with Crippen molar-refractivity contribution in [1.82, 2.24) is 10.3 Å². The van der Waals surface area contributed by atoms with Gasteiger partial charge in [-0.2, -0.15) is 13.2 Å². The number of halogens is 3. The molecule has 1 atom stereocenters. The van der Waals surface area contributed by atoms with E-state index >= 15 is 0 Å². The minimum absolute atomic E-state index is 0.105. The molecule has 1 aromatic heterocycles. The van der Waals surface area contributed by atoms with E-state index in [2.05, 4.69) is 10.3 Å². The Morgan fingerprint density at radius 3 is 2.55 bits per heavy atom. The summed E-state index contributed by atoms with van der Waals surface area (Å²) in [5, 5.41) is 5.49. The molecule has 1 heterocycles. The summed E-state index contributed by atoms with van der Waals surface area (Å²) in [6.07, 6.45) is -4.48. The molecule has 1 N–H and O–H groups in total. The summed E-state index contributed by atoms with van der Waals surface area (Å²) in [5.74, 6) is -0.407. The van der Waals surface area contributed by atoms with Gasteiger partial charge in [-0.25, -0.2) is 4.98 Å². The number of anilines is 2. The number of benzene rings is 2. The Kier molecular flexibility index (Phi) is 6.34. The molecule has 152 valence electrons. The predicted octanol–water partition coefficient (Wildman–Crippen LogP) is 5.70. The Balaban J connectivity index is 1.77. The van der Waals surface area contributed by atoms with Gasteiger partial charge in [-0.15, -0.1) is 11.3 Å². The summed E-state index contributed by atoms with van der Waals surface area (Å²) >= 11 is 1.21. The first kappa shape index (κ1) is 21.0. The van der Waals surface area contributed by atoms with E-state index < -0.39 is 17.6 Å². The highest BCUT2D eigenvalue weighted by atomic mass is 32.1. The van der Waals surface area contributed by atoms with Crippen molar-refractivity contribution < 1.29 is 18.0 Å². The summed E-state index contributed by atoms with van der Waals surface area (Å²) in [6, 6.07) is 14.7. The molecule has 3 aromatic rings. The lowest BCUT2D eigenvalue weighted by molar-refractivity contribution is -0.137. The number of hydrogen-bond acceptors (Lipinski definition) is 4. The van der Waals surface area contributed by atoms with Gasteiger partial charge in [0.1, 0.15) is 0 Å². The molecule has 0 aliphatic carbocycles. The van der Waals surface area contributed by atoms with Crippen molar-refractivity contribution in [2.45, 2.75) is 32.6 Å². The van der Waals surface area contributed by atoms with Gasteiger partial charge in [0.05, 0.1) is 16.9 Å². The Morgan fingerprint density at radius 1 is 1.17 bits per heavy atom. The first-order valence-electron chi connectivity index (χ1n) is 8.96. The summed E-state index contributed by atoms with van der Waals surface area (Å²) in [7, 11) is 0. The quantitative estimate of drug-likeness (QED) is 0.558. The number of aromatic nitrogens is 1. The van der Waals surface area contributed by atoms with Crippen molar-refractivity contribution in [3.05, 3.63) is 76.8 Å². The van der Waals surface area contributed by atoms with Crippen LogP contribution in [0.4, 0.5) is 24.0 Å². The lowest BCUT2D eigenvalue weighted by atomic mass is 10.1. The largest absolute Gasteiger partial charge is 0.416 e. The molecule has 29 heavy (non-hydrogen) atoms. The average Bonchev–Trinajstić information content (AvgIpc) is 3.14. The number of hydrogen-bond donors (Lipinski definition) is 1. The summed E-state index contributed by atoms with van der Waals surface area (Å²) in [4.78, 5) is 17.8. The third-order valence-corrected chi connectivity index (χ3v) is 5.24. The third-order valence-electron chi connectivity index (χ3n) is 4.37. The van der Waals surface area contributed by atoms with Gasteiger partial charge in [0.15, 0.2) is 5.13 Å². The van der Waals surface area contributed by atoms with Crippen LogP contribution in [0.3, 0.4) is 0 Å². The number of amides is 1. The molecule has 0 aliphatic rings. The van der Waals surface area contributed by atoms with E-state index in [0.717, 1.165) is 17.7 Å². The SMILES string of the molecule is CC(=O)N(c1cccc(C(F)(F)F)c1)c1nc(CN[C@H](C)c2ccccc2)cs1. The van der Waals surface area contributed by atoms with Gasteiger partial charge >= 0.3 is 6.18 Å². The second kappa shape index (κ2) is 8.75. The lowest BCUT2D eigenvalue weighted by Crippen LogP contribution is -2.23. The maximum absolute atomic E-state index is 13.0. The highest BCUT2D eigenvalue weighted by molar-refractivity contribution is 7.14. The Bertz CT molecular complexity index is 973. The van der Waals surface area contributed by atoms with Gasteiger partial charge in [-0.05, 0) is 30.7 Å². The maximum atomic E-state index is 13.0. The van der Waals surface area contributed by atoms with E-state index in [-0.39, 0.29) is 11.7 Å². The van der Waals surface area contributed by atoms with Crippen LogP contribution in [0.15, 0.2) is 60.0 Å². The van der Waals surface area contributed by atoms with Crippen molar-refractivity contribution in [3.8, 4) is 0 Å². The van der Waals surface area contributed by atoms with E-state index in [0.29, 0.717) is 17.4 Å². The number of carbonyl (C=O) groups is 1. The van der Waals surface area contributed by atoms with Gasteiger partial charge in [-0.3, -0.25) is 9.69 Å². The molecule has 0 aliphatic heterocycles. The Labute approximate surface area is 171 Å². The highest BCUT2D eigenvalue weighted by Crippen LogP contribution is 2.35. The van der Waals surface area contributed by atoms with Crippen LogP contribution in [0.25, 0.3) is 0 Å². The first-order valence-corrected chi connectivity index (χ1v) is 9.84. The van der Waals surface area contributed by atoms with Gasteiger partial charge in [0.2, 0.25) is 5.91 Å². The minimum Gasteiger partial charge on any atom is -0.305 e. The van der Waals surface area contributed by atoms with Crippen LogP contribution >= 0.6 is 11.3 Å². The smallest absolute Gasteiger partial charge is 0.305 e. The first-order chi connectivity index (χ1) is 13.8. The van der Waals surface area contributed by atoms with Crippen LogP contribution in [-0.4, -0.2) is 10.9 Å². The van der Waals surface area contributed by atoms with Crippen molar-refractivity contribution in [3.63, 3.8) is 0 Å². The molecule has 0 saturated carbocycles. The molecule has 0 bridgehead atoms. The van der Waals surface area contributed by atoms with Gasteiger partial charge in [-0.1, -0.05) is 36.4 Å². The zero-order valence-electron chi connectivity index (χ0n) is 15.9. The van der Waals surface area contributed by atoms with Gasteiger partial charge in [0, 0.05) is 24.9 Å². The number of thiazole rings is 1. The lowest BCUT2D eigenvalue weighted by Gasteiger charge is -2.19. The van der Waals surface area contributed by atoms with Crippen molar-refractivity contribution in [2.75, 3.05) is 4.90 Å². The molecule has 4 nitrogen and oxygen atoms in total. The summed E-state index contributed by atoms with van der Waals surface area (Å²) in [6.45, 7) is 3.81. The van der Waals surface area contributed by atoms with Crippen molar-refractivity contribution >= 4 is 28.1 Å². The standard InChI is InChI=1S/C21H20F3N3OS/c1-14(16-7-4-3-5-8-16)25-12-18-13-29-20(26-18)27(15(2)28)19-10-6-9-17(11-19)21(22,23)24/h3-11,13-14,25H,12H2,1-2H3/t14-/m1/s1. The molecule has 2 aromatic carbocycles. The van der Waals surface area contributed by atoms with Crippen LogP contribution in [0.1, 0.15) is 36.7 Å². The fourth-order valence-electron chi connectivity index (χ4n) is 2.85. The Hall–Kier alpha value is -2.71. The van der Waals surface area contributed by atoms with E-state index in [1.54, 1.807) is 5.38 Å². The topological polar surface area (TPSA) is 45.2 Å². The van der Waals surface area contributed by atoms with Crippen LogP contribution < -0.4 is 10.2 Å². The van der Waals surface area contributed by atoms with Gasteiger partial charge in [0.25, 0.3) is 0 Å². The number of nitrogens with zero attached hydrogens (tertiary/aromatic N) is 2. The van der Waals surface area contributed by atoms with Gasteiger partial charge < -0.3 is 5.32 Å². The van der Waals surface area contributed by atoms with Crippen molar-refractivity contribution in [2.24, 2.45) is 0 Å². The molecule has 0 fully saturated rings. The van der Waals surface area contributed by atoms with Crippen LogP contribution in [0.5, 0.6) is 0 Å². The van der Waals surface area contributed by atoms with Crippen LogP contribution in [0, 0.1) is 0 Å². The Morgan fingerprint density at radius 2 is 1.90 bits per heavy atom. The third kappa shape index (κ3) is 5.21. The molecular weight excluding hydrogens is 399 g/mol. The van der Waals surface area contributed by atoms with Crippen molar-refractivity contribution in [1.29, 1.82) is 0 Å². The van der Waals surface area contributed by atoms with Crippen LogP contribution in [0.2, 0.25) is 0 Å². The zero-order valence-corrected chi connectivity index (χ0v) is 16.7. The number of alkyl halides is 3. The molecule has 0 unspecified atom stereocenters. The second-order valence-corrected chi connectivity index (χ2v) is 7.37. The molecule has 3 rings (SSSR count). The monoisotopic (exact) mass is 419 g/mol. The van der Waals surface area contributed by atoms with E-state index in [1.165, 1.54) is 35.3 Å². The maximum Gasteiger partial charge on any atom is 0.416 e. The van der Waals surface area contributed by atoms with Crippen LogP contribution in [-0.2, 0) is 17.5 Å². The van der Waals surface area contributed by atoms with E-state index in [4.69, 9.17) is 0 Å². The fraction of sp³-hybridized carbons (Fsp3) is 0.238. The predicted molar refractivity (Wildman–Crippen MR) is 108 cm³/mol. The number of rotatable bonds is 6. The number of carbonyl (C=O) groups excluding carboxylic acids is 1. The molecule has 0 saturated heterocycles. The minimum atomic E-state index is -4.48. The zero-order chi connectivity index (χ0) is 21.0. The summed E-state index contributed by atoms with van der Waals surface area (Å²) in [5.41, 5.74) is 1.18. The molecule has 0 spiro atoms. The highest BCUT2D eigenvalue weighted by Gasteiger charge is 2.31. The molecule has 8 heteroatoms. The molecule has 1 amide bonds. The fourth-order valence-corrected chi connectivity index (χ4v) is 3.73. The summed E-state index contributed by atoms with van der Waals surface area (Å²) < 4.78 is 39.1. The average molecular weight is 419 g/mol. The molecular formula is C21H20F3N3OS. The normalized spacial score (nSPS) is 12.6. The second-order valence-electron chi connectivity index (χ2n) is 6.54. The molecule has 0 radical (unpaired) electrons. The van der Waals surface area contributed by atoms with E-state index in [9.17, 15) is 18.0 Å². The van der Waals surface area contributed by atoms with E-state index in [1.807, 2.05) is 37.3 Å². The number of nitrogens with one attached hydrogen (secondary N) is 1.